The number of carbonyl (C=O) groups is 1. The van der Waals surface area contributed by atoms with Crippen LogP contribution >= 0.6 is 0 Å². The van der Waals surface area contributed by atoms with E-state index in [1.807, 2.05) is 30.6 Å². The summed E-state index contributed by atoms with van der Waals surface area (Å²) in [6, 6.07) is 12.5. The van der Waals surface area contributed by atoms with Crippen LogP contribution in [0.15, 0.2) is 48.8 Å². The van der Waals surface area contributed by atoms with E-state index in [1.54, 1.807) is 0 Å². The average molecular weight is 307 g/mol. The van der Waals surface area contributed by atoms with Crippen LogP contribution in [0.1, 0.15) is 34.3 Å². The number of rotatable bonds is 3. The molecule has 0 bridgehead atoms. The van der Waals surface area contributed by atoms with Crippen molar-refractivity contribution in [1.29, 1.82) is 0 Å². The Balaban J connectivity index is 1.37. The second kappa shape index (κ2) is 6.13. The highest BCUT2D eigenvalue weighted by Crippen LogP contribution is 2.28. The third-order valence-corrected chi connectivity index (χ3v) is 5.00. The highest BCUT2D eigenvalue weighted by Gasteiger charge is 2.34. The van der Waals surface area contributed by atoms with Crippen LogP contribution in [0.2, 0.25) is 0 Å². The van der Waals surface area contributed by atoms with Crippen molar-refractivity contribution < 1.29 is 4.79 Å². The molecule has 1 fully saturated rings. The van der Waals surface area contributed by atoms with Gasteiger partial charge >= 0.3 is 0 Å². The molecule has 2 aromatic rings. The Morgan fingerprint density at radius 1 is 1.04 bits per heavy atom. The molecule has 0 unspecified atom stereocenters. The standard InChI is InChI=1S/C19H21N3O/c23-19-18-4-2-1-3-16(18)14-22(19)17-7-11-21(12-8-17)13-15-5-9-20-10-6-15/h1-6,9-10,17H,7-8,11-14H2. The third-order valence-electron chi connectivity index (χ3n) is 5.00. The summed E-state index contributed by atoms with van der Waals surface area (Å²) < 4.78 is 0. The number of pyridine rings is 1. The lowest BCUT2D eigenvalue weighted by atomic mass is 10.0. The van der Waals surface area contributed by atoms with E-state index in [0.29, 0.717) is 6.04 Å². The number of piperidine rings is 1. The normalized spacial score (nSPS) is 19.1. The molecule has 4 rings (SSSR count). The zero-order valence-corrected chi connectivity index (χ0v) is 13.2. The highest BCUT2D eigenvalue weighted by atomic mass is 16.2. The highest BCUT2D eigenvalue weighted by molar-refractivity contribution is 5.98. The van der Waals surface area contributed by atoms with Crippen LogP contribution < -0.4 is 0 Å². The Hall–Kier alpha value is -2.20. The van der Waals surface area contributed by atoms with Gasteiger partial charge in [-0.25, -0.2) is 0 Å². The first kappa shape index (κ1) is 14.4. The van der Waals surface area contributed by atoms with Gasteiger partial charge in [-0.2, -0.15) is 0 Å². The van der Waals surface area contributed by atoms with Gasteiger partial charge in [-0.05, 0) is 42.2 Å². The Labute approximate surface area is 136 Å². The molecule has 0 radical (unpaired) electrons. The predicted octanol–water partition coefficient (Wildman–Crippen LogP) is 2.70. The van der Waals surface area contributed by atoms with Gasteiger partial charge in [0.2, 0.25) is 0 Å². The van der Waals surface area contributed by atoms with Gasteiger partial charge in [0.1, 0.15) is 0 Å². The quantitative estimate of drug-likeness (QED) is 0.875. The number of carbonyl (C=O) groups excluding carboxylic acids is 1. The number of aromatic nitrogens is 1. The number of hydrogen-bond acceptors (Lipinski definition) is 3. The molecule has 118 valence electrons. The lowest BCUT2D eigenvalue weighted by Crippen LogP contribution is -2.44. The molecule has 4 heteroatoms. The summed E-state index contributed by atoms with van der Waals surface area (Å²) in [4.78, 5) is 21.2. The van der Waals surface area contributed by atoms with Crippen molar-refractivity contribution in [3.05, 3.63) is 65.5 Å². The van der Waals surface area contributed by atoms with Crippen LogP contribution in [0.3, 0.4) is 0 Å². The number of hydrogen-bond donors (Lipinski definition) is 0. The molecule has 3 heterocycles. The lowest BCUT2D eigenvalue weighted by molar-refractivity contribution is 0.0590. The maximum Gasteiger partial charge on any atom is 0.254 e. The van der Waals surface area contributed by atoms with E-state index >= 15 is 0 Å². The van der Waals surface area contributed by atoms with Gasteiger partial charge in [0.15, 0.2) is 0 Å². The molecule has 1 aromatic heterocycles. The molecule has 0 spiro atoms. The molecule has 23 heavy (non-hydrogen) atoms. The fourth-order valence-electron chi connectivity index (χ4n) is 3.71. The molecule has 1 amide bonds. The topological polar surface area (TPSA) is 36.4 Å². The summed E-state index contributed by atoms with van der Waals surface area (Å²) in [5.74, 6) is 0.216. The Kier molecular flexibility index (Phi) is 3.83. The smallest absolute Gasteiger partial charge is 0.254 e. The van der Waals surface area contributed by atoms with Crippen LogP contribution in [0, 0.1) is 0 Å². The van der Waals surface area contributed by atoms with E-state index in [0.717, 1.165) is 44.6 Å². The fraction of sp³-hybridized carbons (Fsp3) is 0.368. The number of nitrogens with zero attached hydrogens (tertiary/aromatic N) is 3. The largest absolute Gasteiger partial charge is 0.331 e. The molecule has 0 aliphatic carbocycles. The van der Waals surface area contributed by atoms with E-state index in [-0.39, 0.29) is 5.91 Å². The molecule has 0 N–H and O–H groups in total. The van der Waals surface area contributed by atoms with Crippen molar-refractivity contribution in [3.63, 3.8) is 0 Å². The minimum atomic E-state index is 0.216. The first-order chi connectivity index (χ1) is 11.3. The van der Waals surface area contributed by atoms with Gasteiger partial charge in [-0.3, -0.25) is 14.7 Å². The third kappa shape index (κ3) is 2.86. The second-order valence-electron chi connectivity index (χ2n) is 6.45. The minimum absolute atomic E-state index is 0.216. The van der Waals surface area contributed by atoms with Gasteiger partial charge in [-0.1, -0.05) is 18.2 Å². The van der Waals surface area contributed by atoms with Gasteiger partial charge in [0, 0.05) is 50.2 Å². The van der Waals surface area contributed by atoms with E-state index in [9.17, 15) is 4.79 Å². The number of benzene rings is 1. The Morgan fingerprint density at radius 2 is 1.78 bits per heavy atom. The van der Waals surface area contributed by atoms with Crippen LogP contribution in [-0.4, -0.2) is 39.8 Å². The van der Waals surface area contributed by atoms with Crippen molar-refractivity contribution in [2.75, 3.05) is 13.1 Å². The molecular formula is C19H21N3O. The number of amides is 1. The summed E-state index contributed by atoms with van der Waals surface area (Å²) >= 11 is 0. The molecular weight excluding hydrogens is 286 g/mol. The van der Waals surface area contributed by atoms with E-state index in [1.165, 1.54) is 11.1 Å². The SMILES string of the molecule is O=C1c2ccccc2CN1C1CCN(Cc2ccncc2)CC1. The molecule has 0 atom stereocenters. The lowest BCUT2D eigenvalue weighted by Gasteiger charge is -2.36. The molecule has 2 aliphatic heterocycles. The molecule has 0 saturated carbocycles. The monoisotopic (exact) mass is 307 g/mol. The first-order valence-corrected chi connectivity index (χ1v) is 8.31. The molecule has 2 aliphatic rings. The number of fused-ring (bicyclic) bond motifs is 1. The Morgan fingerprint density at radius 3 is 2.52 bits per heavy atom. The van der Waals surface area contributed by atoms with Crippen molar-refractivity contribution in [1.82, 2.24) is 14.8 Å². The molecule has 1 aromatic carbocycles. The van der Waals surface area contributed by atoms with Crippen LogP contribution in [-0.2, 0) is 13.1 Å². The van der Waals surface area contributed by atoms with Gasteiger partial charge in [-0.15, -0.1) is 0 Å². The van der Waals surface area contributed by atoms with Crippen LogP contribution in [0.5, 0.6) is 0 Å². The summed E-state index contributed by atoms with van der Waals surface area (Å²) in [7, 11) is 0. The molecule has 1 saturated heterocycles. The van der Waals surface area contributed by atoms with Gasteiger partial charge in [0.25, 0.3) is 5.91 Å². The first-order valence-electron chi connectivity index (χ1n) is 8.31. The summed E-state index contributed by atoms with van der Waals surface area (Å²) in [6.07, 6.45) is 5.82. The average Bonchev–Trinajstić information content (AvgIpc) is 2.94. The van der Waals surface area contributed by atoms with Crippen molar-refractivity contribution in [3.8, 4) is 0 Å². The summed E-state index contributed by atoms with van der Waals surface area (Å²) in [5, 5.41) is 0. The van der Waals surface area contributed by atoms with Crippen LogP contribution in [0.25, 0.3) is 0 Å². The fourth-order valence-corrected chi connectivity index (χ4v) is 3.71. The van der Waals surface area contributed by atoms with Gasteiger partial charge in [0.05, 0.1) is 0 Å². The van der Waals surface area contributed by atoms with E-state index in [2.05, 4.69) is 33.0 Å². The second-order valence-corrected chi connectivity index (χ2v) is 6.45. The van der Waals surface area contributed by atoms with Crippen molar-refractivity contribution in [2.45, 2.75) is 32.0 Å². The van der Waals surface area contributed by atoms with Crippen molar-refractivity contribution in [2.24, 2.45) is 0 Å². The van der Waals surface area contributed by atoms with Crippen molar-refractivity contribution >= 4 is 5.91 Å². The van der Waals surface area contributed by atoms with E-state index < -0.39 is 0 Å². The molecule has 4 nitrogen and oxygen atoms in total. The summed E-state index contributed by atoms with van der Waals surface area (Å²) in [6.45, 7) is 3.85. The number of likely N-dealkylation sites (tertiary alicyclic amines) is 1. The maximum atomic E-state index is 12.6. The maximum absolute atomic E-state index is 12.6. The van der Waals surface area contributed by atoms with Crippen LogP contribution in [0.4, 0.5) is 0 Å². The van der Waals surface area contributed by atoms with Gasteiger partial charge < -0.3 is 4.90 Å². The predicted molar refractivity (Wildman–Crippen MR) is 88.9 cm³/mol. The Bertz CT molecular complexity index is 693. The van der Waals surface area contributed by atoms with E-state index in [4.69, 9.17) is 0 Å². The summed E-state index contributed by atoms with van der Waals surface area (Å²) in [5.41, 5.74) is 3.38. The minimum Gasteiger partial charge on any atom is -0.331 e. The zero-order chi connectivity index (χ0) is 15.6. The zero-order valence-electron chi connectivity index (χ0n) is 13.2.